The highest BCUT2D eigenvalue weighted by Gasteiger charge is 2.53. The predicted molar refractivity (Wildman–Crippen MR) is 113 cm³/mol. The standard InChI is InChI=1S/C25H19NO5/c27-16-9-11-20-22(14-16)30-21-13-15(26-12-4-3-7-23(26)28)8-10-19(21)25(20)18-6-2-1-5-17(18)24(29)31-25/h1-2,5-6,8-11,13-14,27H,3-4,7,12H2. The predicted octanol–water partition coefficient (Wildman–Crippen LogP) is 4.48. The maximum absolute atomic E-state index is 12.8. The van der Waals surface area contributed by atoms with Crippen molar-refractivity contribution >= 4 is 17.6 Å². The summed E-state index contributed by atoms with van der Waals surface area (Å²) < 4.78 is 12.3. The molecule has 1 amide bonds. The number of nitrogens with zero attached hydrogens (tertiary/aromatic N) is 1. The van der Waals surface area contributed by atoms with Gasteiger partial charge in [0.05, 0.1) is 5.56 Å². The molecule has 154 valence electrons. The average Bonchev–Trinajstić information content (AvgIpc) is 3.07. The Kier molecular flexibility index (Phi) is 3.69. The van der Waals surface area contributed by atoms with E-state index in [1.807, 2.05) is 36.4 Å². The van der Waals surface area contributed by atoms with E-state index in [1.165, 1.54) is 6.07 Å². The van der Waals surface area contributed by atoms with Gasteiger partial charge in [0.1, 0.15) is 17.2 Å². The van der Waals surface area contributed by atoms with Gasteiger partial charge in [-0.3, -0.25) is 4.79 Å². The Labute approximate surface area is 178 Å². The molecule has 6 rings (SSSR count). The summed E-state index contributed by atoms with van der Waals surface area (Å²) in [6.45, 7) is 0.665. The molecular formula is C25H19NO5. The lowest BCUT2D eigenvalue weighted by Crippen LogP contribution is -2.36. The summed E-state index contributed by atoms with van der Waals surface area (Å²) in [5.74, 6) is 0.653. The number of hydrogen-bond acceptors (Lipinski definition) is 5. The van der Waals surface area contributed by atoms with Gasteiger partial charge in [-0.05, 0) is 43.2 Å². The number of ether oxygens (including phenoxy) is 2. The highest BCUT2D eigenvalue weighted by molar-refractivity contribution is 5.97. The molecule has 3 aliphatic heterocycles. The Hall–Kier alpha value is -3.80. The fraction of sp³-hybridized carbons (Fsp3) is 0.200. The smallest absolute Gasteiger partial charge is 0.340 e. The SMILES string of the molecule is O=C1OC2(c3ccc(O)cc3Oc3cc(N4CCCCC4=O)ccc32)c2ccccc21. The van der Waals surface area contributed by atoms with E-state index in [4.69, 9.17) is 9.47 Å². The third-order valence-corrected chi connectivity index (χ3v) is 6.32. The van der Waals surface area contributed by atoms with Gasteiger partial charge in [-0.15, -0.1) is 0 Å². The van der Waals surface area contributed by atoms with Crippen LogP contribution in [0, 0.1) is 0 Å². The largest absolute Gasteiger partial charge is 0.508 e. The summed E-state index contributed by atoms with van der Waals surface area (Å²) in [7, 11) is 0. The zero-order valence-corrected chi connectivity index (χ0v) is 16.6. The molecule has 1 N–H and O–H groups in total. The first kappa shape index (κ1) is 18.0. The molecule has 6 nitrogen and oxygen atoms in total. The molecule has 0 aliphatic carbocycles. The van der Waals surface area contributed by atoms with Crippen LogP contribution < -0.4 is 9.64 Å². The number of amides is 1. The van der Waals surface area contributed by atoms with Gasteiger partial charge in [0.25, 0.3) is 0 Å². The molecule has 1 atom stereocenters. The molecule has 0 saturated carbocycles. The summed E-state index contributed by atoms with van der Waals surface area (Å²) >= 11 is 0. The van der Waals surface area contributed by atoms with Crippen LogP contribution >= 0.6 is 0 Å². The quantitative estimate of drug-likeness (QED) is 0.596. The number of anilines is 1. The van der Waals surface area contributed by atoms with Gasteiger partial charge >= 0.3 is 5.97 Å². The molecular weight excluding hydrogens is 394 g/mol. The van der Waals surface area contributed by atoms with Gasteiger partial charge < -0.3 is 19.5 Å². The number of phenolic OH excluding ortho intramolecular Hbond substituents is 1. The van der Waals surface area contributed by atoms with Crippen molar-refractivity contribution in [2.24, 2.45) is 0 Å². The molecule has 0 radical (unpaired) electrons. The van der Waals surface area contributed by atoms with E-state index >= 15 is 0 Å². The van der Waals surface area contributed by atoms with Crippen molar-refractivity contribution < 1.29 is 24.2 Å². The van der Waals surface area contributed by atoms with Gasteiger partial charge in [0.15, 0.2) is 5.60 Å². The number of rotatable bonds is 1. The van der Waals surface area contributed by atoms with Gasteiger partial charge in [-0.25, -0.2) is 4.79 Å². The van der Waals surface area contributed by atoms with Crippen molar-refractivity contribution in [3.05, 3.63) is 82.9 Å². The lowest BCUT2D eigenvalue weighted by atomic mass is 9.77. The average molecular weight is 413 g/mol. The lowest BCUT2D eigenvalue weighted by Gasteiger charge is -2.37. The van der Waals surface area contributed by atoms with E-state index in [-0.39, 0.29) is 11.7 Å². The van der Waals surface area contributed by atoms with Crippen molar-refractivity contribution in [2.75, 3.05) is 11.4 Å². The zero-order valence-electron chi connectivity index (χ0n) is 16.6. The number of carbonyl (C=O) groups excluding carboxylic acids is 2. The minimum Gasteiger partial charge on any atom is -0.508 e. The number of hydrogen-bond donors (Lipinski definition) is 1. The minimum absolute atomic E-state index is 0.0531. The van der Waals surface area contributed by atoms with E-state index in [1.54, 1.807) is 23.1 Å². The summed E-state index contributed by atoms with van der Waals surface area (Å²) in [6.07, 6.45) is 2.39. The monoisotopic (exact) mass is 413 g/mol. The fourth-order valence-corrected chi connectivity index (χ4v) is 4.90. The second kappa shape index (κ2) is 6.35. The van der Waals surface area contributed by atoms with Crippen molar-refractivity contribution in [3.63, 3.8) is 0 Å². The van der Waals surface area contributed by atoms with Crippen LogP contribution in [-0.2, 0) is 15.1 Å². The minimum atomic E-state index is -1.17. The Morgan fingerprint density at radius 1 is 0.871 bits per heavy atom. The van der Waals surface area contributed by atoms with Crippen LogP contribution in [0.1, 0.15) is 46.3 Å². The van der Waals surface area contributed by atoms with Crippen LogP contribution in [0.4, 0.5) is 5.69 Å². The van der Waals surface area contributed by atoms with Crippen molar-refractivity contribution in [1.82, 2.24) is 0 Å². The maximum atomic E-state index is 12.8. The first-order valence-electron chi connectivity index (χ1n) is 10.4. The molecule has 3 aliphatic rings. The zero-order chi connectivity index (χ0) is 21.2. The third-order valence-electron chi connectivity index (χ3n) is 6.32. The van der Waals surface area contributed by atoms with E-state index < -0.39 is 11.6 Å². The molecule has 1 fully saturated rings. The molecule has 0 bridgehead atoms. The lowest BCUT2D eigenvalue weighted by molar-refractivity contribution is -0.119. The maximum Gasteiger partial charge on any atom is 0.340 e. The number of phenols is 1. The van der Waals surface area contributed by atoms with Crippen molar-refractivity contribution in [1.29, 1.82) is 0 Å². The second-order valence-corrected chi connectivity index (χ2v) is 8.08. The Bertz CT molecular complexity index is 1270. The van der Waals surface area contributed by atoms with Crippen LogP contribution in [0.3, 0.4) is 0 Å². The molecule has 0 aromatic heterocycles. The van der Waals surface area contributed by atoms with Crippen LogP contribution in [0.15, 0.2) is 60.7 Å². The molecule has 1 spiro atoms. The van der Waals surface area contributed by atoms with Crippen LogP contribution in [0.2, 0.25) is 0 Å². The van der Waals surface area contributed by atoms with Gasteiger partial charge in [-0.1, -0.05) is 18.2 Å². The number of esters is 1. The number of fused-ring (bicyclic) bond motifs is 6. The molecule has 3 aromatic carbocycles. The van der Waals surface area contributed by atoms with E-state index in [9.17, 15) is 14.7 Å². The van der Waals surface area contributed by atoms with Gasteiger partial charge in [0.2, 0.25) is 5.91 Å². The van der Waals surface area contributed by atoms with Gasteiger partial charge in [-0.2, -0.15) is 0 Å². The highest BCUT2D eigenvalue weighted by Crippen LogP contribution is 2.57. The van der Waals surface area contributed by atoms with Crippen molar-refractivity contribution in [2.45, 2.75) is 24.9 Å². The Balaban J connectivity index is 1.59. The Morgan fingerprint density at radius 3 is 2.48 bits per heavy atom. The summed E-state index contributed by atoms with van der Waals surface area (Å²) in [5.41, 5.74) is 2.16. The van der Waals surface area contributed by atoms with Crippen LogP contribution in [0.5, 0.6) is 17.2 Å². The van der Waals surface area contributed by atoms with E-state index in [2.05, 4.69) is 0 Å². The fourth-order valence-electron chi connectivity index (χ4n) is 4.90. The summed E-state index contributed by atoms with van der Waals surface area (Å²) in [5, 5.41) is 10.1. The molecule has 1 saturated heterocycles. The highest BCUT2D eigenvalue weighted by atomic mass is 16.6. The third kappa shape index (κ3) is 2.45. The molecule has 3 heterocycles. The first-order valence-corrected chi connectivity index (χ1v) is 10.4. The normalized spacial score (nSPS) is 21.2. The van der Waals surface area contributed by atoms with Crippen LogP contribution in [0.25, 0.3) is 0 Å². The second-order valence-electron chi connectivity index (χ2n) is 8.08. The van der Waals surface area contributed by atoms with E-state index in [0.717, 1.165) is 24.1 Å². The van der Waals surface area contributed by atoms with E-state index in [0.29, 0.717) is 41.2 Å². The topological polar surface area (TPSA) is 76.1 Å². The molecule has 3 aromatic rings. The number of aromatic hydroxyl groups is 1. The molecule has 6 heteroatoms. The number of benzene rings is 3. The summed E-state index contributed by atoms with van der Waals surface area (Å²) in [4.78, 5) is 27.0. The van der Waals surface area contributed by atoms with Gasteiger partial charge in [0, 0.05) is 47.5 Å². The summed E-state index contributed by atoms with van der Waals surface area (Å²) in [6, 6.07) is 17.7. The Morgan fingerprint density at radius 2 is 1.65 bits per heavy atom. The molecule has 31 heavy (non-hydrogen) atoms. The van der Waals surface area contributed by atoms with Crippen molar-refractivity contribution in [3.8, 4) is 17.2 Å². The molecule has 1 unspecified atom stereocenters. The first-order chi connectivity index (χ1) is 15.1. The number of carbonyl (C=O) groups is 2. The van der Waals surface area contributed by atoms with Crippen LogP contribution in [-0.4, -0.2) is 23.5 Å². The number of piperidine rings is 1.